The predicted molar refractivity (Wildman–Crippen MR) is 50.8 cm³/mol. The first kappa shape index (κ1) is 8.86. The van der Waals surface area contributed by atoms with Gasteiger partial charge < -0.3 is 15.4 Å². The zero-order valence-corrected chi connectivity index (χ0v) is 8.09. The predicted octanol–water partition coefficient (Wildman–Crippen LogP) is -0.167. The third-order valence-corrected chi connectivity index (χ3v) is 2.92. The SMILES string of the molecule is NCc1nnc(N2CCOCC2)s1. The molecule has 6 heteroatoms. The van der Waals surface area contributed by atoms with E-state index in [2.05, 4.69) is 15.1 Å². The fourth-order valence-corrected chi connectivity index (χ4v) is 1.98. The largest absolute Gasteiger partial charge is 0.378 e. The van der Waals surface area contributed by atoms with Crippen LogP contribution in [0.3, 0.4) is 0 Å². The van der Waals surface area contributed by atoms with Crippen molar-refractivity contribution in [1.82, 2.24) is 10.2 Å². The summed E-state index contributed by atoms with van der Waals surface area (Å²) in [7, 11) is 0. The number of anilines is 1. The number of nitrogens with two attached hydrogens (primary N) is 1. The van der Waals surface area contributed by atoms with E-state index in [9.17, 15) is 0 Å². The molecular formula is C7H12N4OS. The van der Waals surface area contributed by atoms with Crippen molar-refractivity contribution in [2.45, 2.75) is 6.54 Å². The molecule has 0 saturated carbocycles. The Morgan fingerprint density at radius 2 is 2.15 bits per heavy atom. The summed E-state index contributed by atoms with van der Waals surface area (Å²) in [6.45, 7) is 3.83. The van der Waals surface area contributed by atoms with Gasteiger partial charge in [-0.05, 0) is 0 Å². The van der Waals surface area contributed by atoms with E-state index in [4.69, 9.17) is 10.5 Å². The standard InChI is InChI=1S/C7H12N4OS/c8-5-6-9-10-7(13-6)11-1-3-12-4-2-11/h1-5,8H2. The molecule has 0 unspecified atom stereocenters. The van der Waals surface area contributed by atoms with E-state index in [1.807, 2.05) is 0 Å². The molecule has 2 rings (SSSR count). The highest BCUT2D eigenvalue weighted by Crippen LogP contribution is 2.20. The van der Waals surface area contributed by atoms with E-state index in [1.54, 1.807) is 11.3 Å². The second-order valence-electron chi connectivity index (χ2n) is 2.78. The van der Waals surface area contributed by atoms with Crippen LogP contribution in [0.25, 0.3) is 0 Å². The molecule has 0 aromatic carbocycles. The van der Waals surface area contributed by atoms with Crippen molar-refractivity contribution in [2.24, 2.45) is 5.73 Å². The minimum atomic E-state index is 0.474. The Morgan fingerprint density at radius 3 is 2.77 bits per heavy atom. The molecule has 13 heavy (non-hydrogen) atoms. The molecule has 1 saturated heterocycles. The smallest absolute Gasteiger partial charge is 0.208 e. The molecule has 0 bridgehead atoms. The zero-order valence-electron chi connectivity index (χ0n) is 7.27. The van der Waals surface area contributed by atoms with Gasteiger partial charge in [0, 0.05) is 19.6 Å². The first-order chi connectivity index (χ1) is 6.40. The molecule has 0 radical (unpaired) electrons. The Morgan fingerprint density at radius 1 is 1.38 bits per heavy atom. The van der Waals surface area contributed by atoms with Crippen molar-refractivity contribution in [3.8, 4) is 0 Å². The van der Waals surface area contributed by atoms with Gasteiger partial charge in [0.2, 0.25) is 5.13 Å². The van der Waals surface area contributed by atoms with Gasteiger partial charge in [-0.25, -0.2) is 0 Å². The third-order valence-electron chi connectivity index (χ3n) is 1.91. The second kappa shape index (κ2) is 3.99. The number of ether oxygens (including phenoxy) is 1. The highest BCUT2D eigenvalue weighted by atomic mass is 32.1. The molecule has 1 aromatic heterocycles. The van der Waals surface area contributed by atoms with E-state index < -0.39 is 0 Å². The maximum absolute atomic E-state index is 5.46. The number of hydrogen-bond donors (Lipinski definition) is 1. The molecule has 1 aromatic rings. The van der Waals surface area contributed by atoms with Gasteiger partial charge in [-0.3, -0.25) is 0 Å². The number of morpholine rings is 1. The summed E-state index contributed by atoms with van der Waals surface area (Å²) in [5.41, 5.74) is 5.46. The first-order valence-corrected chi connectivity index (χ1v) is 5.07. The van der Waals surface area contributed by atoms with Crippen LogP contribution in [0, 0.1) is 0 Å². The van der Waals surface area contributed by atoms with Crippen molar-refractivity contribution < 1.29 is 4.74 Å². The third kappa shape index (κ3) is 1.96. The zero-order chi connectivity index (χ0) is 9.10. The summed E-state index contributed by atoms with van der Waals surface area (Å²) in [6.07, 6.45) is 0. The monoisotopic (exact) mass is 200 g/mol. The van der Waals surface area contributed by atoms with Crippen molar-refractivity contribution >= 4 is 16.5 Å². The summed E-state index contributed by atoms with van der Waals surface area (Å²) in [4.78, 5) is 2.18. The molecule has 2 heterocycles. The maximum Gasteiger partial charge on any atom is 0.208 e. The molecular weight excluding hydrogens is 188 g/mol. The van der Waals surface area contributed by atoms with Gasteiger partial charge in [-0.1, -0.05) is 11.3 Å². The minimum Gasteiger partial charge on any atom is -0.378 e. The Labute approximate surface area is 80.5 Å². The molecule has 0 aliphatic carbocycles. The molecule has 1 fully saturated rings. The van der Waals surface area contributed by atoms with Crippen LogP contribution in [0.4, 0.5) is 5.13 Å². The molecule has 2 N–H and O–H groups in total. The lowest BCUT2D eigenvalue weighted by Gasteiger charge is -2.25. The van der Waals surface area contributed by atoms with Crippen LogP contribution in [-0.2, 0) is 11.3 Å². The van der Waals surface area contributed by atoms with Crippen LogP contribution in [0.5, 0.6) is 0 Å². The molecule has 1 aliphatic heterocycles. The van der Waals surface area contributed by atoms with Crippen LogP contribution in [0.2, 0.25) is 0 Å². The van der Waals surface area contributed by atoms with Gasteiger partial charge in [0.15, 0.2) is 0 Å². The second-order valence-corrected chi connectivity index (χ2v) is 3.82. The van der Waals surface area contributed by atoms with Gasteiger partial charge in [-0.2, -0.15) is 0 Å². The minimum absolute atomic E-state index is 0.474. The molecule has 0 amide bonds. The van der Waals surface area contributed by atoms with Crippen LogP contribution in [0.15, 0.2) is 0 Å². The van der Waals surface area contributed by atoms with E-state index in [-0.39, 0.29) is 0 Å². The fraction of sp³-hybridized carbons (Fsp3) is 0.714. The van der Waals surface area contributed by atoms with Gasteiger partial charge in [0.05, 0.1) is 13.2 Å². The summed E-state index contributed by atoms with van der Waals surface area (Å²) in [5.74, 6) is 0. The number of nitrogens with zero attached hydrogens (tertiary/aromatic N) is 3. The van der Waals surface area contributed by atoms with Gasteiger partial charge in [0.1, 0.15) is 5.01 Å². The van der Waals surface area contributed by atoms with Crippen molar-refractivity contribution in [3.63, 3.8) is 0 Å². The topological polar surface area (TPSA) is 64.3 Å². The number of rotatable bonds is 2. The summed E-state index contributed by atoms with van der Waals surface area (Å²) < 4.78 is 5.24. The van der Waals surface area contributed by atoms with Gasteiger partial charge in [0.25, 0.3) is 0 Å². The fourth-order valence-electron chi connectivity index (χ4n) is 1.21. The molecule has 5 nitrogen and oxygen atoms in total. The highest BCUT2D eigenvalue weighted by molar-refractivity contribution is 7.15. The van der Waals surface area contributed by atoms with Crippen molar-refractivity contribution in [3.05, 3.63) is 5.01 Å². The Hall–Kier alpha value is -0.720. The lowest BCUT2D eigenvalue weighted by Crippen LogP contribution is -2.36. The van der Waals surface area contributed by atoms with Crippen molar-refractivity contribution in [2.75, 3.05) is 31.2 Å². The van der Waals surface area contributed by atoms with Gasteiger partial charge >= 0.3 is 0 Å². The summed E-state index contributed by atoms with van der Waals surface area (Å²) in [5, 5.41) is 9.89. The number of hydrogen-bond acceptors (Lipinski definition) is 6. The van der Waals surface area contributed by atoms with Gasteiger partial charge in [-0.15, -0.1) is 10.2 Å². The van der Waals surface area contributed by atoms with E-state index in [1.165, 1.54) is 0 Å². The molecule has 1 aliphatic rings. The Balaban J connectivity index is 2.05. The summed E-state index contributed by atoms with van der Waals surface area (Å²) >= 11 is 1.56. The normalized spacial score (nSPS) is 17.8. The van der Waals surface area contributed by atoms with Crippen LogP contribution in [0.1, 0.15) is 5.01 Å². The van der Waals surface area contributed by atoms with E-state index >= 15 is 0 Å². The molecule has 0 atom stereocenters. The van der Waals surface area contributed by atoms with Crippen LogP contribution in [-0.4, -0.2) is 36.5 Å². The van der Waals surface area contributed by atoms with Crippen LogP contribution < -0.4 is 10.6 Å². The van der Waals surface area contributed by atoms with Crippen molar-refractivity contribution in [1.29, 1.82) is 0 Å². The Kier molecular flexibility index (Phi) is 2.72. The van der Waals surface area contributed by atoms with E-state index in [0.29, 0.717) is 6.54 Å². The maximum atomic E-state index is 5.46. The lowest BCUT2D eigenvalue weighted by atomic mass is 10.5. The van der Waals surface area contributed by atoms with Crippen LogP contribution >= 0.6 is 11.3 Å². The quantitative estimate of drug-likeness (QED) is 0.718. The van der Waals surface area contributed by atoms with E-state index in [0.717, 1.165) is 36.4 Å². The Bertz CT molecular complexity index is 271. The molecule has 72 valence electrons. The lowest BCUT2D eigenvalue weighted by molar-refractivity contribution is 0.122. The first-order valence-electron chi connectivity index (χ1n) is 4.25. The number of aromatic nitrogens is 2. The average Bonchev–Trinajstić information content (AvgIpc) is 2.67. The average molecular weight is 200 g/mol. The summed E-state index contributed by atoms with van der Waals surface area (Å²) in [6, 6.07) is 0. The molecule has 0 spiro atoms. The highest BCUT2D eigenvalue weighted by Gasteiger charge is 2.14.